The van der Waals surface area contributed by atoms with Gasteiger partial charge in [0, 0.05) is 24.6 Å². The van der Waals surface area contributed by atoms with Crippen molar-refractivity contribution in [3.8, 4) is 0 Å². The van der Waals surface area contributed by atoms with Crippen LogP contribution in [0, 0.1) is 5.82 Å². The number of aliphatic imine (C=N–C) groups is 1. The van der Waals surface area contributed by atoms with Crippen LogP contribution in [-0.4, -0.2) is 40.3 Å². The van der Waals surface area contributed by atoms with Crippen molar-refractivity contribution in [1.29, 1.82) is 0 Å². The van der Waals surface area contributed by atoms with E-state index >= 15 is 0 Å². The molecule has 0 spiro atoms. The molecule has 0 heterocycles. The van der Waals surface area contributed by atoms with Crippen LogP contribution in [0.15, 0.2) is 62.9 Å². The van der Waals surface area contributed by atoms with E-state index in [4.69, 9.17) is 0 Å². The number of rotatable bonds is 7. The number of guanidine groups is 1. The van der Waals surface area contributed by atoms with E-state index in [-0.39, 0.29) is 47.0 Å². The number of nitrogens with one attached hydrogen (secondary N) is 2. The number of nitrogens with zero attached hydrogens (tertiary/aromatic N) is 1. The molecule has 2 aromatic carbocycles. The van der Waals surface area contributed by atoms with Crippen molar-refractivity contribution in [1.82, 2.24) is 10.6 Å². The van der Waals surface area contributed by atoms with Crippen LogP contribution in [0.1, 0.15) is 5.56 Å². The highest BCUT2D eigenvalue weighted by Gasteiger charge is 2.14. The van der Waals surface area contributed by atoms with Gasteiger partial charge in [-0.2, -0.15) is 0 Å². The van der Waals surface area contributed by atoms with Crippen LogP contribution in [0.25, 0.3) is 0 Å². The van der Waals surface area contributed by atoms with Crippen LogP contribution in [0.2, 0.25) is 0 Å². The molecule has 9 heteroatoms. The van der Waals surface area contributed by atoms with Gasteiger partial charge in [0.25, 0.3) is 0 Å². The highest BCUT2D eigenvalue weighted by atomic mass is 127. The number of benzene rings is 2. The largest absolute Gasteiger partial charge is 0.356 e. The molecule has 5 nitrogen and oxygen atoms in total. The van der Waals surface area contributed by atoms with E-state index in [1.807, 2.05) is 0 Å². The monoisotopic (exact) mass is 569 g/mol. The van der Waals surface area contributed by atoms with Crippen molar-refractivity contribution in [2.24, 2.45) is 4.99 Å². The zero-order valence-corrected chi connectivity index (χ0v) is 19.5. The standard InChI is InChI=1S/C18H21BrFN3O2S.HI/c1-21-18(22-11-10-14-4-2-3-5-17(14)20)23-12-13-26(24,25)16-8-6-15(19)7-9-16;/h2-9H,10-13H2,1H3,(H2,21,22,23);1H. The van der Waals surface area contributed by atoms with Gasteiger partial charge >= 0.3 is 0 Å². The summed E-state index contributed by atoms with van der Waals surface area (Å²) in [5.74, 6) is 0.188. The second-order valence-corrected chi connectivity index (χ2v) is 8.56. The van der Waals surface area contributed by atoms with Gasteiger partial charge in [-0.05, 0) is 42.3 Å². The van der Waals surface area contributed by atoms with E-state index in [1.165, 1.54) is 6.07 Å². The van der Waals surface area contributed by atoms with Crippen LogP contribution in [0.3, 0.4) is 0 Å². The molecule has 0 amide bonds. The lowest BCUT2D eigenvalue weighted by Gasteiger charge is -2.12. The average molecular weight is 570 g/mol. The highest BCUT2D eigenvalue weighted by Crippen LogP contribution is 2.15. The minimum absolute atomic E-state index is 0. The van der Waals surface area contributed by atoms with Crippen molar-refractivity contribution in [2.75, 3.05) is 25.9 Å². The quantitative estimate of drug-likeness (QED) is 0.305. The smallest absolute Gasteiger partial charge is 0.191 e. The first kappa shape index (κ1) is 23.8. The normalized spacial score (nSPS) is 11.6. The zero-order valence-electron chi connectivity index (χ0n) is 14.8. The topological polar surface area (TPSA) is 70.6 Å². The van der Waals surface area contributed by atoms with Crippen LogP contribution in [0.4, 0.5) is 4.39 Å². The predicted molar refractivity (Wildman–Crippen MR) is 121 cm³/mol. The summed E-state index contributed by atoms with van der Waals surface area (Å²) in [5, 5.41) is 6.01. The minimum atomic E-state index is -3.37. The average Bonchev–Trinajstić information content (AvgIpc) is 2.62. The van der Waals surface area contributed by atoms with Gasteiger partial charge < -0.3 is 10.6 Å². The van der Waals surface area contributed by atoms with Crippen LogP contribution >= 0.6 is 39.9 Å². The van der Waals surface area contributed by atoms with Crippen LogP contribution in [0.5, 0.6) is 0 Å². The Morgan fingerprint density at radius 2 is 1.70 bits per heavy atom. The molecule has 2 rings (SSSR count). The van der Waals surface area contributed by atoms with Gasteiger partial charge in [-0.15, -0.1) is 24.0 Å². The molecule has 148 valence electrons. The first-order valence-electron chi connectivity index (χ1n) is 8.08. The Labute approximate surface area is 184 Å². The molecule has 0 saturated heterocycles. The lowest BCUT2D eigenvalue weighted by Crippen LogP contribution is -2.40. The van der Waals surface area contributed by atoms with Crippen molar-refractivity contribution in [3.63, 3.8) is 0 Å². The first-order chi connectivity index (χ1) is 12.4. The number of hydrogen-bond acceptors (Lipinski definition) is 3. The third-order valence-electron chi connectivity index (χ3n) is 3.70. The van der Waals surface area contributed by atoms with Gasteiger partial charge in [0.2, 0.25) is 0 Å². The second-order valence-electron chi connectivity index (χ2n) is 5.54. The molecule has 0 bridgehead atoms. The molecule has 0 aliphatic rings. The Hall–Kier alpha value is -1.20. The summed E-state index contributed by atoms with van der Waals surface area (Å²) in [4.78, 5) is 4.33. The SMILES string of the molecule is CN=C(NCCc1ccccc1F)NCCS(=O)(=O)c1ccc(Br)cc1.I. The molecule has 2 N–H and O–H groups in total. The molecule has 0 fully saturated rings. The summed E-state index contributed by atoms with van der Waals surface area (Å²) in [7, 11) is -1.77. The number of hydrogen-bond donors (Lipinski definition) is 2. The van der Waals surface area contributed by atoms with Crippen molar-refractivity contribution in [2.45, 2.75) is 11.3 Å². The molecule has 2 aromatic rings. The molecule has 0 aromatic heterocycles. The molecule has 0 radical (unpaired) electrons. The van der Waals surface area contributed by atoms with Gasteiger partial charge in [0.15, 0.2) is 15.8 Å². The fraction of sp³-hybridized carbons (Fsp3) is 0.278. The van der Waals surface area contributed by atoms with Gasteiger partial charge in [-0.25, -0.2) is 12.8 Å². The summed E-state index contributed by atoms with van der Waals surface area (Å²) in [6, 6.07) is 13.1. The summed E-state index contributed by atoms with van der Waals surface area (Å²) in [5.41, 5.74) is 0.619. The van der Waals surface area contributed by atoms with E-state index < -0.39 is 9.84 Å². The van der Waals surface area contributed by atoms with Crippen LogP contribution < -0.4 is 10.6 Å². The Bertz CT molecular complexity index is 861. The van der Waals surface area contributed by atoms with Crippen molar-refractivity contribution in [3.05, 3.63) is 64.4 Å². The molecule has 0 aliphatic heterocycles. The summed E-state index contributed by atoms with van der Waals surface area (Å²) >= 11 is 3.28. The van der Waals surface area contributed by atoms with Crippen LogP contribution in [-0.2, 0) is 16.3 Å². The van der Waals surface area contributed by atoms with Gasteiger partial charge in [0.1, 0.15) is 5.82 Å². The minimum Gasteiger partial charge on any atom is -0.356 e. The molecular formula is C18H22BrFIN3O2S. The molecule has 0 saturated carbocycles. The Morgan fingerprint density at radius 1 is 1.07 bits per heavy atom. The van der Waals surface area contributed by atoms with Gasteiger partial charge in [-0.3, -0.25) is 4.99 Å². The zero-order chi connectivity index (χ0) is 19.0. The van der Waals surface area contributed by atoms with Gasteiger partial charge in [-0.1, -0.05) is 34.1 Å². The van der Waals surface area contributed by atoms with Gasteiger partial charge in [0.05, 0.1) is 10.6 Å². The number of sulfone groups is 1. The molecular weight excluding hydrogens is 548 g/mol. The summed E-state index contributed by atoms with van der Waals surface area (Å²) in [6.07, 6.45) is 0.505. The fourth-order valence-corrected chi connectivity index (χ4v) is 3.72. The van der Waals surface area contributed by atoms with Crippen molar-refractivity contribution >= 4 is 55.7 Å². The van der Waals surface area contributed by atoms with E-state index in [0.717, 1.165) is 4.47 Å². The van der Waals surface area contributed by atoms with E-state index in [9.17, 15) is 12.8 Å². The maximum absolute atomic E-state index is 13.6. The molecule has 27 heavy (non-hydrogen) atoms. The second kappa shape index (κ2) is 11.6. The summed E-state index contributed by atoms with van der Waals surface area (Å²) < 4.78 is 39.0. The van der Waals surface area contributed by atoms with Crippen molar-refractivity contribution < 1.29 is 12.8 Å². The number of halogens is 3. The first-order valence-corrected chi connectivity index (χ1v) is 10.5. The third-order valence-corrected chi connectivity index (χ3v) is 5.96. The maximum Gasteiger partial charge on any atom is 0.191 e. The highest BCUT2D eigenvalue weighted by molar-refractivity contribution is 14.0. The predicted octanol–water partition coefficient (Wildman–Crippen LogP) is 3.39. The molecule has 0 unspecified atom stereocenters. The molecule has 0 aliphatic carbocycles. The molecule has 0 atom stereocenters. The summed E-state index contributed by atoms with van der Waals surface area (Å²) in [6.45, 7) is 0.706. The maximum atomic E-state index is 13.6. The Kier molecular flexibility index (Phi) is 10.2. The Morgan fingerprint density at radius 3 is 2.33 bits per heavy atom. The van der Waals surface area contributed by atoms with E-state index in [1.54, 1.807) is 49.5 Å². The lowest BCUT2D eigenvalue weighted by atomic mass is 10.1. The fourth-order valence-electron chi connectivity index (χ4n) is 2.30. The third kappa shape index (κ3) is 7.74. The lowest BCUT2D eigenvalue weighted by molar-refractivity contribution is 0.594. The Balaban J connectivity index is 0.00000364. The van der Waals surface area contributed by atoms with E-state index in [2.05, 4.69) is 31.6 Å². The van der Waals surface area contributed by atoms with E-state index in [0.29, 0.717) is 24.5 Å².